The molecule has 0 bridgehead atoms. The summed E-state index contributed by atoms with van der Waals surface area (Å²) in [5.41, 5.74) is 28.8. The van der Waals surface area contributed by atoms with Crippen LogP contribution < -0.4 is 27.0 Å². The van der Waals surface area contributed by atoms with E-state index in [1.807, 2.05) is 239 Å². The quantitative estimate of drug-likeness (QED) is 0.0381. The summed E-state index contributed by atoms with van der Waals surface area (Å²) < 4.78 is 5.43. The molecule has 126 heavy (non-hydrogen) atoms. The van der Waals surface area contributed by atoms with E-state index in [1.165, 1.54) is 0 Å². The van der Waals surface area contributed by atoms with Crippen LogP contribution in [-0.4, -0.2) is 165 Å². The minimum Gasteiger partial charge on any atom is -0.397 e. The zero-order valence-corrected chi connectivity index (χ0v) is 68.6. The van der Waals surface area contributed by atoms with Crippen LogP contribution in [0.2, 0.25) is 0 Å². The SMILES string of the molecule is Cc1ccc(NC(=O)c2n[nH]c3ccc(-c4cncc(CN5CCC(O)CC5)c4)cc23)cn1.Cc1ccc(NC(=O)c2n[nH]c3ccc(-c4cncc(CN5CCOCC5)c4)cc23)cn1.Nc1cncc(-c2ccc3[nH]nc(C(=O)Nc4ccc(-c5ccccc5)nc4)c3c2)c1.O=C(Nc1ccc(-c2ccccc2)nc1)c1n[nH]c2ccc(-c3cccnc3)cc12. The molecule has 0 radical (unpaired) electrons. The second-order valence-electron chi connectivity index (χ2n) is 30.4. The molecule has 2 saturated heterocycles. The number of nitrogen functional groups attached to an aromatic ring is 1. The average molecular weight is 1670 g/mol. The molecule has 0 aliphatic carbocycles. The minimum absolute atomic E-state index is 0.180. The number of carbonyl (C=O) groups excluding carboxylic acids is 4. The summed E-state index contributed by atoms with van der Waals surface area (Å²) in [6, 6.07) is 67.9. The van der Waals surface area contributed by atoms with Crippen LogP contribution in [0.3, 0.4) is 0 Å². The van der Waals surface area contributed by atoms with Gasteiger partial charge >= 0.3 is 0 Å². The third-order valence-electron chi connectivity index (χ3n) is 21.4. The van der Waals surface area contributed by atoms with Gasteiger partial charge < -0.3 is 36.8 Å². The number of piperidine rings is 1. The first kappa shape index (κ1) is 82.2. The van der Waals surface area contributed by atoms with Gasteiger partial charge in [-0.15, -0.1) is 0 Å². The maximum atomic E-state index is 12.9. The van der Waals surface area contributed by atoms with Crippen LogP contribution in [0.5, 0.6) is 0 Å². The van der Waals surface area contributed by atoms with Crippen molar-refractivity contribution in [2.45, 2.75) is 45.9 Å². The van der Waals surface area contributed by atoms with Gasteiger partial charge in [0, 0.05) is 155 Å². The molecule has 4 amide bonds. The van der Waals surface area contributed by atoms with E-state index in [0.717, 1.165) is 193 Å². The van der Waals surface area contributed by atoms with Crippen LogP contribution in [0.25, 0.3) is 111 Å². The summed E-state index contributed by atoms with van der Waals surface area (Å²) in [5.74, 6) is -1.18. The molecule has 12 aromatic heterocycles. The molecule has 14 heterocycles. The van der Waals surface area contributed by atoms with Crippen molar-refractivity contribution in [2.75, 3.05) is 66.4 Å². The Kier molecular flexibility index (Phi) is 25.0. The van der Waals surface area contributed by atoms with E-state index < -0.39 is 0 Å². The number of ether oxygens (including phenoxy) is 1. The Hall–Kier alpha value is -16.1. The largest absolute Gasteiger partial charge is 0.397 e. The summed E-state index contributed by atoms with van der Waals surface area (Å²) in [7, 11) is 0. The number of rotatable bonds is 18. The van der Waals surface area contributed by atoms with E-state index in [4.69, 9.17) is 10.5 Å². The Morgan fingerprint density at radius 1 is 0.365 bits per heavy atom. The highest BCUT2D eigenvalue weighted by molar-refractivity contribution is 6.14. The van der Waals surface area contributed by atoms with Gasteiger partial charge in [0.1, 0.15) is 0 Å². The number of H-pyrrole nitrogens is 4. The van der Waals surface area contributed by atoms with E-state index in [9.17, 15) is 24.3 Å². The first-order chi connectivity index (χ1) is 61.6. The number of fused-ring (bicyclic) bond motifs is 4. The number of morpholine rings is 1. The maximum absolute atomic E-state index is 12.9. The van der Waals surface area contributed by atoms with Crippen LogP contribution in [0, 0.1) is 13.8 Å². The van der Waals surface area contributed by atoms with Crippen molar-refractivity contribution in [3.63, 3.8) is 0 Å². The Balaban J connectivity index is 0.000000119. The van der Waals surface area contributed by atoms with Gasteiger partial charge in [-0.05, 0) is 181 Å². The minimum atomic E-state index is -0.316. The predicted octanol–water partition coefficient (Wildman–Crippen LogP) is 16.4. The molecular weight excluding hydrogens is 1580 g/mol. The molecule has 29 heteroatoms. The lowest BCUT2D eigenvalue weighted by molar-refractivity contribution is 0.0341. The average Bonchev–Trinajstić information content (AvgIpc) is 1.65. The summed E-state index contributed by atoms with van der Waals surface area (Å²) in [6.07, 6.45) is 22.3. The van der Waals surface area contributed by atoms with E-state index in [-0.39, 0.29) is 29.7 Å². The third-order valence-corrected chi connectivity index (χ3v) is 21.4. The molecule has 0 spiro atoms. The van der Waals surface area contributed by atoms with Crippen molar-refractivity contribution in [2.24, 2.45) is 0 Å². The van der Waals surface area contributed by atoms with Gasteiger partial charge in [0.2, 0.25) is 0 Å². The summed E-state index contributed by atoms with van der Waals surface area (Å²) >= 11 is 0. The van der Waals surface area contributed by atoms with Crippen molar-refractivity contribution < 1.29 is 29.0 Å². The molecule has 18 aromatic rings. The zero-order chi connectivity index (χ0) is 86.2. The van der Waals surface area contributed by atoms with E-state index in [1.54, 1.807) is 49.6 Å². The van der Waals surface area contributed by atoms with Gasteiger partial charge in [-0.25, -0.2) is 0 Å². The van der Waals surface area contributed by atoms with Crippen LogP contribution in [0.15, 0.2) is 287 Å². The van der Waals surface area contributed by atoms with Gasteiger partial charge in [0.15, 0.2) is 22.8 Å². The molecule has 2 fully saturated rings. The Labute approximate surface area is 722 Å². The number of amides is 4. The van der Waals surface area contributed by atoms with E-state index in [0.29, 0.717) is 56.6 Å². The number of hydrogen-bond donors (Lipinski definition) is 10. The second kappa shape index (κ2) is 38.3. The summed E-state index contributed by atoms with van der Waals surface area (Å²) in [4.78, 5) is 90.7. The lowest BCUT2D eigenvalue weighted by Crippen LogP contribution is -2.35. The van der Waals surface area contributed by atoms with E-state index >= 15 is 0 Å². The number of carbonyl (C=O) groups is 4. The lowest BCUT2D eigenvalue weighted by Gasteiger charge is -2.29. The fourth-order valence-electron chi connectivity index (χ4n) is 14.8. The molecule has 20 rings (SSSR count). The second-order valence-corrected chi connectivity index (χ2v) is 30.4. The normalized spacial score (nSPS) is 12.9. The van der Waals surface area contributed by atoms with Crippen LogP contribution in [-0.2, 0) is 17.8 Å². The highest BCUT2D eigenvalue weighted by Gasteiger charge is 2.23. The van der Waals surface area contributed by atoms with Crippen molar-refractivity contribution in [3.8, 4) is 67.0 Å². The fourth-order valence-corrected chi connectivity index (χ4v) is 14.8. The van der Waals surface area contributed by atoms with Gasteiger partial charge in [0.25, 0.3) is 23.6 Å². The van der Waals surface area contributed by atoms with Gasteiger partial charge in [-0.3, -0.25) is 89.2 Å². The molecule has 2 aliphatic rings. The molecule has 2 aliphatic heterocycles. The Bertz CT molecular complexity index is 6860. The molecule has 0 unspecified atom stereocenters. The Morgan fingerprint density at radius 2 is 0.722 bits per heavy atom. The molecule has 6 aromatic carbocycles. The Morgan fingerprint density at radius 3 is 1.09 bits per heavy atom. The summed E-state index contributed by atoms with van der Waals surface area (Å²) in [5, 5.41) is 52.8. The number of aliphatic hydroxyl groups excluding tert-OH is 1. The highest BCUT2D eigenvalue weighted by Crippen LogP contribution is 2.33. The molecule has 0 saturated carbocycles. The standard InChI is InChI=1S/C25H26N6O2.C24H24N6O2.C24H18N6O.C24H17N5O/c1-16-2-4-20(14-27-16)28-25(33)24-22-11-18(3-5-23(22)29-30-24)19-10-17(12-26-13-19)15-31-8-6-21(32)7-9-31;1-16-2-4-20(14-26-16)27-24(31)23-21-11-18(3-5-22(21)28-29-23)19-10-17(12-25-13-19)15-30-6-8-32-9-7-30;25-18-10-17(12-26-13-18)16-6-8-22-20(11-16)23(30-29-22)24(31)28-19-7-9-21(27-14-19)15-4-2-1-3-5-15;30-24(27-19-9-11-21(26-15-19)16-5-2-1-3-6-16)23-20-13-17(8-10-22(20)28-29-23)18-7-4-12-25-14-18/h2-5,10-14,21,32H,6-9,15H2,1H3,(H,28,33)(H,29,30);2-5,10-14H,6-9,15H2,1H3,(H,27,31)(H,28,29);1-14H,25H2,(H,28,31)(H,29,30);1-15H,(H,27,30)(H,28,29). The number of hydrogen-bond acceptors (Lipinski definition) is 21. The number of nitrogens with zero attached hydrogens (tertiary/aromatic N) is 14. The predicted molar refractivity (Wildman–Crippen MR) is 487 cm³/mol. The number of nitrogens with one attached hydrogen (secondary N) is 8. The topological polar surface area (TPSA) is 396 Å². The fraction of sp³-hybridized carbons (Fsp3) is 0.134. The molecule has 11 N–H and O–H groups in total. The van der Waals surface area contributed by atoms with Crippen LogP contribution >= 0.6 is 0 Å². The molecule has 624 valence electrons. The maximum Gasteiger partial charge on any atom is 0.276 e. The van der Waals surface area contributed by atoms with Gasteiger partial charge in [0.05, 0.1) is 106 Å². The van der Waals surface area contributed by atoms with E-state index in [2.05, 4.69) is 124 Å². The number of aryl methyl sites for hydroxylation is 2. The number of benzene rings is 6. The monoisotopic (exact) mass is 1670 g/mol. The number of anilines is 5. The first-order valence-electron chi connectivity index (χ1n) is 40.9. The van der Waals surface area contributed by atoms with Crippen LogP contribution in [0.1, 0.15) is 77.3 Å². The number of nitrogens with two attached hydrogens (primary N) is 1. The highest BCUT2D eigenvalue weighted by atomic mass is 16.5. The van der Waals surface area contributed by atoms with Gasteiger partial charge in [-0.2, -0.15) is 20.4 Å². The molecule has 29 nitrogen and oxygen atoms in total. The molecular formula is C97H85N23O6. The smallest absolute Gasteiger partial charge is 0.276 e. The van der Waals surface area contributed by atoms with Crippen molar-refractivity contribution in [1.82, 2.24) is 90.5 Å². The van der Waals surface area contributed by atoms with Crippen LogP contribution in [0.4, 0.5) is 28.4 Å². The van der Waals surface area contributed by atoms with Crippen molar-refractivity contribution in [1.29, 1.82) is 0 Å². The number of aromatic nitrogens is 16. The van der Waals surface area contributed by atoms with Gasteiger partial charge in [-0.1, -0.05) is 91.0 Å². The first-order valence-corrected chi connectivity index (χ1v) is 40.9. The summed E-state index contributed by atoms with van der Waals surface area (Å²) in [6.45, 7) is 10.6. The number of aromatic amines is 4. The molecule has 0 atom stereocenters. The van der Waals surface area contributed by atoms with Crippen molar-refractivity contribution in [3.05, 3.63) is 332 Å². The number of likely N-dealkylation sites (tertiary alicyclic amines) is 1. The zero-order valence-electron chi connectivity index (χ0n) is 68.6. The third kappa shape index (κ3) is 20.1. The number of pyridine rings is 8. The lowest BCUT2D eigenvalue weighted by atomic mass is 10.0. The number of aliphatic hydroxyl groups is 1. The van der Waals surface area contributed by atoms with Crippen molar-refractivity contribution >= 4 is 95.7 Å².